The Hall–Kier alpha value is -1.69. The Bertz CT molecular complexity index is 585. The fourth-order valence-electron chi connectivity index (χ4n) is 2.08. The molecule has 0 bridgehead atoms. The number of carboxylic acids is 1. The molecule has 0 fully saturated rings. The smallest absolute Gasteiger partial charge is 0.305 e. The van der Waals surface area contributed by atoms with Crippen molar-refractivity contribution in [1.82, 2.24) is 5.32 Å². The van der Waals surface area contributed by atoms with E-state index in [2.05, 4.69) is 5.32 Å². The summed E-state index contributed by atoms with van der Waals surface area (Å²) in [6.07, 6.45) is 1.46. The van der Waals surface area contributed by atoms with Gasteiger partial charge in [0.1, 0.15) is 0 Å². The average Bonchev–Trinajstić information content (AvgIpc) is 2.36. The van der Waals surface area contributed by atoms with Gasteiger partial charge < -0.3 is 10.4 Å². The van der Waals surface area contributed by atoms with E-state index in [-0.39, 0.29) is 18.2 Å². The Kier molecular flexibility index (Phi) is 6.29. The molecule has 2 N–H and O–H groups in total. The molecule has 22 heavy (non-hydrogen) atoms. The highest BCUT2D eigenvalue weighted by molar-refractivity contribution is 7.83. The summed E-state index contributed by atoms with van der Waals surface area (Å²) >= 11 is 0. The molecule has 5 nitrogen and oxygen atoms in total. The second-order valence-corrected chi connectivity index (χ2v) is 7.45. The lowest BCUT2D eigenvalue weighted by Crippen LogP contribution is -2.51. The predicted molar refractivity (Wildman–Crippen MR) is 87.2 cm³/mol. The summed E-state index contributed by atoms with van der Waals surface area (Å²) in [5.74, 6) is -0.913. The van der Waals surface area contributed by atoms with Gasteiger partial charge in [-0.15, -0.1) is 0 Å². The standard InChI is InChI=1S/C16H23NO4S/c1-11(2)16(3,9-14(18)19)17-15(20)13-7-5-6-12(8-13)10-22(4)21/h5-8,11H,9-10H2,1-4H3,(H,17,20)(H,18,19). The van der Waals surface area contributed by atoms with Gasteiger partial charge in [0.25, 0.3) is 5.91 Å². The van der Waals surface area contributed by atoms with Crippen LogP contribution in [0, 0.1) is 5.92 Å². The number of amides is 1. The highest BCUT2D eigenvalue weighted by Gasteiger charge is 2.33. The van der Waals surface area contributed by atoms with Gasteiger partial charge in [0, 0.05) is 28.4 Å². The quantitative estimate of drug-likeness (QED) is 0.805. The SMILES string of the molecule is CC(C)C(C)(CC(=O)O)NC(=O)c1cccc(CS(C)=O)c1. The monoisotopic (exact) mass is 325 g/mol. The van der Waals surface area contributed by atoms with E-state index in [0.717, 1.165) is 5.56 Å². The maximum atomic E-state index is 12.4. The number of carbonyl (C=O) groups excluding carboxylic acids is 1. The molecule has 1 aromatic carbocycles. The predicted octanol–water partition coefficient (Wildman–Crippen LogP) is 2.18. The highest BCUT2D eigenvalue weighted by Crippen LogP contribution is 2.21. The van der Waals surface area contributed by atoms with Crippen molar-refractivity contribution in [1.29, 1.82) is 0 Å². The number of hydrogen-bond donors (Lipinski definition) is 2. The van der Waals surface area contributed by atoms with Gasteiger partial charge in [0.2, 0.25) is 0 Å². The first-order valence-electron chi connectivity index (χ1n) is 7.07. The van der Waals surface area contributed by atoms with E-state index in [4.69, 9.17) is 5.11 Å². The lowest BCUT2D eigenvalue weighted by molar-refractivity contribution is -0.138. The van der Waals surface area contributed by atoms with Gasteiger partial charge in [-0.1, -0.05) is 26.0 Å². The Labute approximate surface area is 133 Å². The average molecular weight is 325 g/mol. The summed E-state index contributed by atoms with van der Waals surface area (Å²) in [7, 11) is -0.982. The summed E-state index contributed by atoms with van der Waals surface area (Å²) < 4.78 is 11.3. The summed E-state index contributed by atoms with van der Waals surface area (Å²) in [6.45, 7) is 5.48. The van der Waals surface area contributed by atoms with E-state index >= 15 is 0 Å². The molecule has 2 atom stereocenters. The minimum atomic E-state index is -0.982. The summed E-state index contributed by atoms with van der Waals surface area (Å²) in [5, 5.41) is 11.9. The molecule has 6 heteroatoms. The van der Waals surface area contributed by atoms with E-state index in [1.54, 1.807) is 31.4 Å². The first-order valence-corrected chi connectivity index (χ1v) is 8.80. The van der Waals surface area contributed by atoms with Crippen molar-refractivity contribution >= 4 is 22.7 Å². The van der Waals surface area contributed by atoms with Crippen molar-refractivity contribution in [3.8, 4) is 0 Å². The number of carboxylic acid groups (broad SMARTS) is 1. The molecule has 0 saturated carbocycles. The molecule has 1 amide bonds. The zero-order valence-electron chi connectivity index (χ0n) is 13.4. The van der Waals surface area contributed by atoms with Gasteiger partial charge in [-0.2, -0.15) is 0 Å². The maximum Gasteiger partial charge on any atom is 0.305 e. The molecule has 122 valence electrons. The fraction of sp³-hybridized carbons (Fsp3) is 0.500. The topological polar surface area (TPSA) is 83.5 Å². The molecule has 0 aromatic heterocycles. The molecule has 1 aromatic rings. The van der Waals surface area contributed by atoms with Crippen LogP contribution in [0.2, 0.25) is 0 Å². The summed E-state index contributed by atoms with van der Waals surface area (Å²) in [4.78, 5) is 23.4. The van der Waals surface area contributed by atoms with Gasteiger partial charge in [0.05, 0.1) is 12.0 Å². The van der Waals surface area contributed by atoms with Crippen molar-refractivity contribution < 1.29 is 18.9 Å². The van der Waals surface area contributed by atoms with Crippen LogP contribution in [0.4, 0.5) is 0 Å². The molecule has 1 rings (SSSR count). The van der Waals surface area contributed by atoms with Crippen LogP contribution in [0.25, 0.3) is 0 Å². The Morgan fingerprint density at radius 2 is 2.00 bits per heavy atom. The fourth-order valence-corrected chi connectivity index (χ4v) is 2.72. The Morgan fingerprint density at radius 3 is 2.50 bits per heavy atom. The number of nitrogens with one attached hydrogen (secondary N) is 1. The molecule has 0 saturated heterocycles. The van der Waals surface area contributed by atoms with Crippen LogP contribution in [0.3, 0.4) is 0 Å². The van der Waals surface area contributed by atoms with E-state index < -0.39 is 22.3 Å². The van der Waals surface area contributed by atoms with E-state index in [1.165, 1.54) is 0 Å². The van der Waals surface area contributed by atoms with Crippen molar-refractivity contribution in [2.24, 2.45) is 5.92 Å². The van der Waals surface area contributed by atoms with Crippen LogP contribution in [0.5, 0.6) is 0 Å². The van der Waals surface area contributed by atoms with Crippen molar-refractivity contribution in [3.63, 3.8) is 0 Å². The molecule has 0 aliphatic carbocycles. The van der Waals surface area contributed by atoms with Crippen LogP contribution in [0.15, 0.2) is 24.3 Å². The van der Waals surface area contributed by atoms with Crippen LogP contribution in [-0.2, 0) is 21.3 Å². The molecular formula is C16H23NO4S. The van der Waals surface area contributed by atoms with Crippen molar-refractivity contribution in [3.05, 3.63) is 35.4 Å². The van der Waals surface area contributed by atoms with E-state index in [1.807, 2.05) is 19.9 Å². The second kappa shape index (κ2) is 7.54. The zero-order chi connectivity index (χ0) is 16.9. The molecular weight excluding hydrogens is 302 g/mol. The molecule has 0 radical (unpaired) electrons. The number of hydrogen-bond acceptors (Lipinski definition) is 3. The van der Waals surface area contributed by atoms with Crippen molar-refractivity contribution in [2.45, 2.75) is 38.5 Å². The highest BCUT2D eigenvalue weighted by atomic mass is 32.2. The lowest BCUT2D eigenvalue weighted by Gasteiger charge is -2.33. The molecule has 0 spiro atoms. The van der Waals surface area contributed by atoms with E-state index in [9.17, 15) is 13.8 Å². The van der Waals surface area contributed by atoms with Crippen LogP contribution in [0.1, 0.15) is 43.1 Å². The Morgan fingerprint density at radius 1 is 1.36 bits per heavy atom. The normalized spacial score (nSPS) is 15.1. The molecule has 2 unspecified atom stereocenters. The summed E-state index contributed by atoms with van der Waals surface area (Å²) in [6, 6.07) is 6.91. The van der Waals surface area contributed by atoms with Gasteiger partial charge in [-0.3, -0.25) is 13.8 Å². The van der Waals surface area contributed by atoms with E-state index in [0.29, 0.717) is 11.3 Å². The lowest BCUT2D eigenvalue weighted by atomic mass is 9.85. The minimum absolute atomic E-state index is 0.0288. The number of aliphatic carboxylic acids is 1. The van der Waals surface area contributed by atoms with Crippen LogP contribution < -0.4 is 5.32 Å². The van der Waals surface area contributed by atoms with Crippen LogP contribution >= 0.6 is 0 Å². The molecule has 0 heterocycles. The zero-order valence-corrected chi connectivity index (χ0v) is 14.2. The van der Waals surface area contributed by atoms with Crippen molar-refractivity contribution in [2.75, 3.05) is 6.26 Å². The van der Waals surface area contributed by atoms with Crippen LogP contribution in [-0.4, -0.2) is 33.0 Å². The Balaban J connectivity index is 2.95. The summed E-state index contributed by atoms with van der Waals surface area (Å²) in [5.41, 5.74) is 0.435. The number of benzene rings is 1. The van der Waals surface area contributed by atoms with Gasteiger partial charge in [0.15, 0.2) is 0 Å². The van der Waals surface area contributed by atoms with Gasteiger partial charge in [-0.25, -0.2) is 0 Å². The van der Waals surface area contributed by atoms with Gasteiger partial charge in [-0.05, 0) is 30.5 Å². The third-order valence-electron chi connectivity index (χ3n) is 3.75. The second-order valence-electron chi connectivity index (χ2n) is 6.01. The number of rotatable bonds is 7. The minimum Gasteiger partial charge on any atom is -0.481 e. The number of carbonyl (C=O) groups is 2. The van der Waals surface area contributed by atoms with Gasteiger partial charge >= 0.3 is 5.97 Å². The molecule has 0 aliphatic rings. The maximum absolute atomic E-state index is 12.4. The first kappa shape index (κ1) is 18.4. The molecule has 0 aliphatic heterocycles. The third kappa shape index (κ3) is 5.26. The largest absolute Gasteiger partial charge is 0.481 e. The third-order valence-corrected chi connectivity index (χ3v) is 4.49. The first-order chi connectivity index (χ1) is 10.1.